The van der Waals surface area contributed by atoms with Gasteiger partial charge in [0.15, 0.2) is 11.5 Å². The Morgan fingerprint density at radius 3 is 2.85 bits per heavy atom. The first-order valence-corrected chi connectivity index (χ1v) is 10.3. The second-order valence-corrected chi connectivity index (χ2v) is 7.66. The Morgan fingerprint density at radius 2 is 2.06 bits per heavy atom. The van der Waals surface area contributed by atoms with Crippen LogP contribution in [-0.4, -0.2) is 58.8 Å². The molecule has 0 saturated heterocycles. The van der Waals surface area contributed by atoms with Crippen LogP contribution in [0, 0.1) is 0 Å². The number of benzene rings is 2. The van der Waals surface area contributed by atoms with E-state index in [2.05, 4.69) is 37.8 Å². The van der Waals surface area contributed by atoms with Crippen LogP contribution >= 0.6 is 0 Å². The molecule has 0 bridgehead atoms. The molecular formula is C23H27N7O3. The lowest BCUT2D eigenvalue weighted by Crippen LogP contribution is -2.26. The topological polar surface area (TPSA) is 125 Å². The SMILES string of the molecule is [2H]C([2H])([2H])NC(=O)c1nnc(Nc2cc3c(cc2OC)CCN(C)C3)nc1Nc1ccccc1CO. The predicted molar refractivity (Wildman–Crippen MR) is 125 cm³/mol. The summed E-state index contributed by atoms with van der Waals surface area (Å²) < 4.78 is 27.6. The number of aliphatic hydroxyl groups excluding tert-OH is 1. The van der Waals surface area contributed by atoms with Gasteiger partial charge >= 0.3 is 0 Å². The van der Waals surface area contributed by atoms with E-state index < -0.39 is 12.9 Å². The first kappa shape index (κ1) is 18.8. The molecule has 4 rings (SSSR count). The maximum Gasteiger partial charge on any atom is 0.275 e. The minimum absolute atomic E-state index is 0.0354. The van der Waals surface area contributed by atoms with Crippen LogP contribution in [0.5, 0.6) is 5.75 Å². The molecule has 2 heterocycles. The van der Waals surface area contributed by atoms with Crippen LogP contribution in [0.15, 0.2) is 36.4 Å². The van der Waals surface area contributed by atoms with E-state index >= 15 is 0 Å². The fraction of sp³-hybridized carbons (Fsp3) is 0.304. The van der Waals surface area contributed by atoms with Crippen molar-refractivity contribution in [1.82, 2.24) is 25.4 Å². The molecule has 3 aromatic rings. The second-order valence-electron chi connectivity index (χ2n) is 7.66. The maximum atomic E-state index is 12.6. The van der Waals surface area contributed by atoms with Gasteiger partial charge in [0.25, 0.3) is 5.91 Å². The molecule has 0 atom stereocenters. The third kappa shape index (κ3) is 4.86. The average molecular weight is 453 g/mol. The van der Waals surface area contributed by atoms with E-state index in [0.717, 1.165) is 25.1 Å². The normalized spacial score (nSPS) is 14.9. The summed E-state index contributed by atoms with van der Waals surface area (Å²) in [6.07, 6.45) is 0.909. The van der Waals surface area contributed by atoms with E-state index in [1.54, 1.807) is 31.4 Å². The molecule has 10 nitrogen and oxygen atoms in total. The van der Waals surface area contributed by atoms with Gasteiger partial charge in [-0.1, -0.05) is 18.2 Å². The number of ether oxygens (including phenoxy) is 1. The first-order chi connectivity index (χ1) is 17.2. The maximum absolute atomic E-state index is 12.6. The number of likely N-dealkylation sites (N-methyl/N-ethyl adjacent to an activating group) is 1. The zero-order valence-electron chi connectivity index (χ0n) is 21.3. The van der Waals surface area contributed by atoms with Crippen molar-refractivity contribution < 1.29 is 18.8 Å². The summed E-state index contributed by atoms with van der Waals surface area (Å²) in [6, 6.07) is 10.8. The Kier molecular flexibility index (Phi) is 5.58. The van der Waals surface area contributed by atoms with Crippen molar-refractivity contribution in [1.29, 1.82) is 0 Å². The molecule has 2 aromatic carbocycles. The highest BCUT2D eigenvalue weighted by Gasteiger charge is 2.20. The zero-order valence-corrected chi connectivity index (χ0v) is 18.3. The number of nitrogens with zero attached hydrogens (tertiary/aromatic N) is 4. The molecule has 1 aliphatic rings. The van der Waals surface area contributed by atoms with Crippen molar-refractivity contribution in [2.75, 3.05) is 38.3 Å². The Hall–Kier alpha value is -3.76. The molecule has 172 valence electrons. The fourth-order valence-corrected chi connectivity index (χ4v) is 3.70. The lowest BCUT2D eigenvalue weighted by molar-refractivity contribution is 0.0957. The molecule has 0 unspecified atom stereocenters. The molecule has 0 radical (unpaired) electrons. The average Bonchev–Trinajstić information content (AvgIpc) is 2.83. The number of para-hydroxylation sites is 1. The summed E-state index contributed by atoms with van der Waals surface area (Å²) in [5, 5.41) is 25.6. The highest BCUT2D eigenvalue weighted by Crippen LogP contribution is 2.33. The van der Waals surface area contributed by atoms with Crippen LogP contribution < -0.4 is 20.7 Å². The van der Waals surface area contributed by atoms with Crippen LogP contribution in [-0.2, 0) is 19.6 Å². The van der Waals surface area contributed by atoms with Crippen molar-refractivity contribution in [2.45, 2.75) is 19.6 Å². The van der Waals surface area contributed by atoms with E-state index in [0.29, 0.717) is 22.7 Å². The Bertz CT molecular complexity index is 1270. The van der Waals surface area contributed by atoms with Gasteiger partial charge in [0.05, 0.1) is 19.4 Å². The Morgan fingerprint density at radius 1 is 1.21 bits per heavy atom. The highest BCUT2D eigenvalue weighted by atomic mass is 16.5. The van der Waals surface area contributed by atoms with Gasteiger partial charge in [0.2, 0.25) is 5.95 Å². The number of amides is 1. The number of methoxy groups -OCH3 is 1. The molecule has 0 aliphatic carbocycles. The summed E-state index contributed by atoms with van der Waals surface area (Å²) in [6.45, 7) is -1.24. The highest BCUT2D eigenvalue weighted by molar-refractivity contribution is 5.97. The fourth-order valence-electron chi connectivity index (χ4n) is 3.70. The lowest BCUT2D eigenvalue weighted by atomic mass is 9.99. The van der Waals surface area contributed by atoms with Crippen LogP contribution in [0.1, 0.15) is 31.3 Å². The second kappa shape index (κ2) is 9.80. The van der Waals surface area contributed by atoms with Crippen molar-refractivity contribution in [2.24, 2.45) is 0 Å². The van der Waals surface area contributed by atoms with Crippen molar-refractivity contribution >= 4 is 29.0 Å². The van der Waals surface area contributed by atoms with Gasteiger partial charge in [0.1, 0.15) is 5.75 Å². The van der Waals surface area contributed by atoms with Crippen LogP contribution in [0.4, 0.5) is 23.1 Å². The zero-order chi connectivity index (χ0) is 25.9. The molecule has 10 heteroatoms. The van der Waals surface area contributed by atoms with Crippen LogP contribution in [0.2, 0.25) is 0 Å². The Labute approximate surface area is 196 Å². The van der Waals surface area contributed by atoms with Gasteiger partial charge in [-0.3, -0.25) is 4.79 Å². The van der Waals surface area contributed by atoms with E-state index in [1.165, 1.54) is 5.56 Å². The molecule has 0 fully saturated rings. The standard InChI is InChI=1S/C23H27N7O3/c1-24-22(32)20-21(25-17-7-5-4-6-15(17)13-31)27-23(29-28-20)26-18-10-16-12-30(2)9-8-14(16)11-19(18)33-3/h4-7,10-11,31H,8-9,12-13H2,1-3H3,(H,24,32)(H2,25,26,27,29)/i1D3. The summed E-state index contributed by atoms with van der Waals surface area (Å²) in [7, 11) is 3.63. The lowest BCUT2D eigenvalue weighted by Gasteiger charge is -2.26. The van der Waals surface area contributed by atoms with E-state index in [4.69, 9.17) is 8.85 Å². The monoisotopic (exact) mass is 452 g/mol. The van der Waals surface area contributed by atoms with Gasteiger partial charge in [0, 0.05) is 35.4 Å². The molecule has 33 heavy (non-hydrogen) atoms. The number of aromatic nitrogens is 3. The number of hydrogen-bond acceptors (Lipinski definition) is 9. The number of carbonyl (C=O) groups excluding carboxylic acids is 1. The molecule has 1 aliphatic heterocycles. The number of aliphatic hydroxyl groups is 1. The predicted octanol–water partition coefficient (Wildman–Crippen LogP) is 2.21. The molecule has 0 saturated carbocycles. The quantitative estimate of drug-likeness (QED) is 0.427. The number of carbonyl (C=O) groups is 1. The molecular weight excluding hydrogens is 422 g/mol. The largest absolute Gasteiger partial charge is 0.495 e. The minimum Gasteiger partial charge on any atom is -0.495 e. The smallest absolute Gasteiger partial charge is 0.275 e. The van der Waals surface area contributed by atoms with Gasteiger partial charge in [-0.2, -0.15) is 4.98 Å². The number of nitrogens with one attached hydrogen (secondary N) is 3. The molecule has 0 spiro atoms. The Balaban J connectivity index is 1.71. The van der Waals surface area contributed by atoms with Crippen molar-refractivity contribution in [3.05, 3.63) is 58.8 Å². The van der Waals surface area contributed by atoms with E-state index in [-0.39, 0.29) is 24.1 Å². The van der Waals surface area contributed by atoms with Crippen molar-refractivity contribution in [3.8, 4) is 5.75 Å². The molecule has 1 amide bonds. The third-order valence-corrected chi connectivity index (χ3v) is 5.43. The summed E-state index contributed by atoms with van der Waals surface area (Å²) >= 11 is 0. The van der Waals surface area contributed by atoms with E-state index in [1.807, 2.05) is 17.4 Å². The van der Waals surface area contributed by atoms with E-state index in [9.17, 15) is 9.90 Å². The van der Waals surface area contributed by atoms with Crippen LogP contribution in [0.3, 0.4) is 0 Å². The summed E-state index contributed by atoms with van der Waals surface area (Å²) in [4.78, 5) is 19.3. The van der Waals surface area contributed by atoms with Crippen LogP contribution in [0.25, 0.3) is 0 Å². The number of anilines is 4. The third-order valence-electron chi connectivity index (χ3n) is 5.43. The summed E-state index contributed by atoms with van der Waals surface area (Å²) in [5.41, 5.74) is 3.67. The van der Waals surface area contributed by atoms with Crippen molar-refractivity contribution in [3.63, 3.8) is 0 Å². The van der Waals surface area contributed by atoms with Gasteiger partial charge < -0.3 is 30.7 Å². The first-order valence-electron chi connectivity index (χ1n) is 11.8. The molecule has 1 aromatic heterocycles. The number of rotatable bonds is 7. The minimum atomic E-state index is -2.72. The van der Waals surface area contributed by atoms with Gasteiger partial charge in [-0.05, 0) is 42.8 Å². The molecule has 4 N–H and O–H groups in total. The van der Waals surface area contributed by atoms with Gasteiger partial charge in [-0.25, -0.2) is 0 Å². The number of hydrogen-bond donors (Lipinski definition) is 4. The van der Waals surface area contributed by atoms with Gasteiger partial charge in [-0.15, -0.1) is 10.2 Å². The summed E-state index contributed by atoms with van der Waals surface area (Å²) in [5.74, 6) is -0.343. The number of fused-ring (bicyclic) bond motifs is 1.